The molecule has 0 atom stereocenters. The second kappa shape index (κ2) is 6.57. The monoisotopic (exact) mass is 356 g/mol. The quantitative estimate of drug-likeness (QED) is 0.727. The van der Waals surface area contributed by atoms with Crippen LogP contribution in [0.4, 0.5) is 0 Å². The number of thiazole rings is 1. The van der Waals surface area contributed by atoms with Crippen molar-refractivity contribution in [1.29, 1.82) is 0 Å². The molecule has 25 heavy (non-hydrogen) atoms. The van der Waals surface area contributed by atoms with Crippen molar-refractivity contribution in [3.63, 3.8) is 0 Å². The van der Waals surface area contributed by atoms with Gasteiger partial charge < -0.3 is 15.0 Å². The normalized spacial score (nSPS) is 15.8. The summed E-state index contributed by atoms with van der Waals surface area (Å²) >= 11 is 1.60. The largest absolute Gasteiger partial charge is 0.494 e. The first-order valence-corrected chi connectivity index (χ1v) is 9.34. The molecule has 6 nitrogen and oxygen atoms in total. The molecule has 0 bridgehead atoms. The Bertz CT molecular complexity index is 852. The van der Waals surface area contributed by atoms with Gasteiger partial charge in [0.25, 0.3) is 0 Å². The van der Waals surface area contributed by atoms with E-state index in [9.17, 15) is 0 Å². The van der Waals surface area contributed by atoms with E-state index >= 15 is 0 Å². The minimum atomic E-state index is -0.392. The van der Waals surface area contributed by atoms with E-state index in [4.69, 9.17) is 15.0 Å². The maximum absolute atomic E-state index is 6.24. The number of nitrogens with zero attached hydrogens (tertiary/aromatic N) is 3. The molecular weight excluding hydrogens is 336 g/mol. The topological polar surface area (TPSA) is 87.1 Å². The molecule has 2 aromatic heterocycles. The van der Waals surface area contributed by atoms with Crippen LogP contribution in [0.5, 0.6) is 5.75 Å². The van der Waals surface area contributed by atoms with Crippen molar-refractivity contribution in [3.05, 3.63) is 47.1 Å². The lowest BCUT2D eigenvalue weighted by Crippen LogP contribution is -2.44. The van der Waals surface area contributed by atoms with Crippen LogP contribution in [-0.2, 0) is 12.0 Å². The van der Waals surface area contributed by atoms with E-state index in [1.165, 1.54) is 0 Å². The van der Waals surface area contributed by atoms with E-state index in [2.05, 4.69) is 15.1 Å². The summed E-state index contributed by atoms with van der Waals surface area (Å²) in [7, 11) is 0. The maximum atomic E-state index is 6.24. The molecule has 1 fully saturated rings. The van der Waals surface area contributed by atoms with Gasteiger partial charge in [-0.05, 0) is 50.5 Å². The van der Waals surface area contributed by atoms with Crippen LogP contribution in [0.3, 0.4) is 0 Å². The van der Waals surface area contributed by atoms with Gasteiger partial charge in [-0.1, -0.05) is 5.16 Å². The maximum Gasteiger partial charge on any atom is 0.232 e. The Hall–Kier alpha value is -2.25. The number of hydrogen-bond acceptors (Lipinski definition) is 7. The third-order valence-electron chi connectivity index (χ3n) is 4.46. The zero-order valence-corrected chi connectivity index (χ0v) is 14.9. The van der Waals surface area contributed by atoms with Crippen LogP contribution in [0.2, 0.25) is 0 Å². The van der Waals surface area contributed by atoms with Crippen LogP contribution in [0, 0.1) is 0 Å². The highest BCUT2D eigenvalue weighted by molar-refractivity contribution is 7.13. The number of aromatic nitrogens is 3. The van der Waals surface area contributed by atoms with E-state index in [-0.39, 0.29) is 0 Å². The number of ether oxygens (including phenoxy) is 1. The second-order valence-corrected chi connectivity index (χ2v) is 7.16. The van der Waals surface area contributed by atoms with E-state index in [0.29, 0.717) is 24.7 Å². The zero-order valence-electron chi connectivity index (χ0n) is 14.1. The Balaban J connectivity index is 1.46. The second-order valence-electron chi connectivity index (χ2n) is 6.30. The fraction of sp³-hybridized carbons (Fsp3) is 0.389. The smallest absolute Gasteiger partial charge is 0.232 e. The van der Waals surface area contributed by atoms with Gasteiger partial charge in [-0.2, -0.15) is 4.98 Å². The molecule has 3 aromatic rings. The summed E-state index contributed by atoms with van der Waals surface area (Å²) in [4.78, 5) is 9.13. The van der Waals surface area contributed by atoms with Crippen molar-refractivity contribution >= 4 is 11.3 Å². The first-order valence-electron chi connectivity index (χ1n) is 8.46. The highest BCUT2D eigenvalue weighted by Crippen LogP contribution is 2.37. The standard InChI is InChI=1S/C18H20N4O2S/c1-2-23-14-6-4-12(5-7-14)16-20-13(11-25-16)10-15-21-17(22-24-15)18(19)8-3-9-18/h4-7,11H,2-3,8-10,19H2,1H3. The Morgan fingerprint density at radius 2 is 2.04 bits per heavy atom. The first-order chi connectivity index (χ1) is 12.2. The van der Waals surface area contributed by atoms with Gasteiger partial charge in [-0.15, -0.1) is 11.3 Å². The lowest BCUT2D eigenvalue weighted by Gasteiger charge is -2.34. The average Bonchev–Trinajstić information content (AvgIpc) is 3.24. The SMILES string of the molecule is CCOc1ccc(-c2nc(Cc3nc(C4(N)CCC4)no3)cs2)cc1. The molecule has 4 rings (SSSR count). The van der Waals surface area contributed by atoms with E-state index in [0.717, 1.165) is 41.3 Å². The van der Waals surface area contributed by atoms with Crippen molar-refractivity contribution in [2.45, 2.75) is 38.1 Å². The van der Waals surface area contributed by atoms with Crippen LogP contribution in [0.15, 0.2) is 34.2 Å². The number of hydrogen-bond donors (Lipinski definition) is 1. The minimum Gasteiger partial charge on any atom is -0.494 e. The Morgan fingerprint density at radius 3 is 2.72 bits per heavy atom. The Labute approximate surface area is 150 Å². The third-order valence-corrected chi connectivity index (χ3v) is 5.40. The molecule has 2 N–H and O–H groups in total. The predicted molar refractivity (Wildman–Crippen MR) is 95.5 cm³/mol. The van der Waals surface area contributed by atoms with Gasteiger partial charge in [0.05, 0.1) is 24.3 Å². The molecule has 0 aliphatic heterocycles. The number of rotatable bonds is 6. The summed E-state index contributed by atoms with van der Waals surface area (Å²) in [5.41, 5.74) is 7.84. The van der Waals surface area contributed by atoms with Crippen LogP contribution in [0.1, 0.15) is 43.6 Å². The lowest BCUT2D eigenvalue weighted by atomic mass is 9.77. The summed E-state index contributed by atoms with van der Waals surface area (Å²) in [6, 6.07) is 7.97. The molecule has 0 spiro atoms. The summed E-state index contributed by atoms with van der Waals surface area (Å²) in [6.07, 6.45) is 3.49. The molecule has 0 amide bonds. The van der Waals surface area contributed by atoms with E-state index < -0.39 is 5.54 Å². The zero-order chi connectivity index (χ0) is 17.3. The summed E-state index contributed by atoms with van der Waals surface area (Å²) in [5, 5.41) is 7.04. The van der Waals surface area contributed by atoms with E-state index in [1.54, 1.807) is 11.3 Å². The van der Waals surface area contributed by atoms with Gasteiger partial charge in [0, 0.05) is 10.9 Å². The number of benzene rings is 1. The van der Waals surface area contributed by atoms with Crippen molar-refractivity contribution in [1.82, 2.24) is 15.1 Å². The molecule has 2 heterocycles. The average molecular weight is 356 g/mol. The number of nitrogens with two attached hydrogens (primary N) is 1. The molecular formula is C18H20N4O2S. The fourth-order valence-electron chi connectivity index (χ4n) is 2.85. The molecule has 130 valence electrons. The predicted octanol–water partition coefficient (Wildman–Crippen LogP) is 3.52. The molecule has 0 unspecified atom stereocenters. The molecule has 0 radical (unpaired) electrons. The first kappa shape index (κ1) is 16.2. The van der Waals surface area contributed by atoms with Crippen LogP contribution >= 0.6 is 11.3 Å². The van der Waals surface area contributed by atoms with Gasteiger partial charge in [-0.25, -0.2) is 4.98 Å². The highest BCUT2D eigenvalue weighted by Gasteiger charge is 2.38. The van der Waals surface area contributed by atoms with Crippen molar-refractivity contribution in [2.75, 3.05) is 6.61 Å². The Kier molecular flexibility index (Phi) is 4.27. The van der Waals surface area contributed by atoms with Crippen molar-refractivity contribution in [2.24, 2.45) is 5.73 Å². The Morgan fingerprint density at radius 1 is 1.24 bits per heavy atom. The van der Waals surface area contributed by atoms with Gasteiger partial charge in [-0.3, -0.25) is 0 Å². The van der Waals surface area contributed by atoms with Crippen LogP contribution in [-0.4, -0.2) is 21.7 Å². The van der Waals surface area contributed by atoms with Gasteiger partial charge >= 0.3 is 0 Å². The molecule has 1 aliphatic rings. The molecule has 0 saturated heterocycles. The van der Waals surface area contributed by atoms with Crippen LogP contribution in [0.25, 0.3) is 10.6 Å². The molecule has 1 aliphatic carbocycles. The van der Waals surface area contributed by atoms with Crippen LogP contribution < -0.4 is 10.5 Å². The summed E-state index contributed by atoms with van der Waals surface area (Å²) in [6.45, 7) is 2.64. The van der Waals surface area contributed by atoms with Gasteiger partial charge in [0.15, 0.2) is 5.82 Å². The fourth-order valence-corrected chi connectivity index (χ4v) is 3.67. The van der Waals surface area contributed by atoms with Crippen molar-refractivity contribution in [3.8, 4) is 16.3 Å². The highest BCUT2D eigenvalue weighted by atomic mass is 32.1. The van der Waals surface area contributed by atoms with Gasteiger partial charge in [0.1, 0.15) is 10.8 Å². The molecule has 1 aromatic carbocycles. The third kappa shape index (κ3) is 3.29. The summed E-state index contributed by atoms with van der Waals surface area (Å²) in [5.74, 6) is 2.05. The van der Waals surface area contributed by atoms with Crippen molar-refractivity contribution < 1.29 is 9.26 Å². The van der Waals surface area contributed by atoms with E-state index in [1.807, 2.05) is 36.6 Å². The minimum absolute atomic E-state index is 0.392. The van der Waals surface area contributed by atoms with Gasteiger partial charge in [0.2, 0.25) is 5.89 Å². The molecule has 1 saturated carbocycles. The summed E-state index contributed by atoms with van der Waals surface area (Å²) < 4.78 is 10.8. The lowest BCUT2D eigenvalue weighted by molar-refractivity contribution is 0.229. The molecule has 7 heteroatoms.